The van der Waals surface area contributed by atoms with E-state index in [2.05, 4.69) is 11.0 Å². The number of methoxy groups -OCH3 is 1. The Morgan fingerprint density at radius 3 is 2.86 bits per heavy atom. The van der Waals surface area contributed by atoms with E-state index in [-0.39, 0.29) is 11.8 Å². The molecular weight excluding hydrogens is 280 g/mol. The molecule has 1 saturated carbocycles. The van der Waals surface area contributed by atoms with Crippen molar-refractivity contribution in [2.45, 2.75) is 25.5 Å². The predicted molar refractivity (Wildman–Crippen MR) is 83.6 cm³/mol. The zero-order valence-electron chi connectivity index (χ0n) is 13.1. The number of aliphatic hydroxyl groups excluding tert-OH is 1. The van der Waals surface area contributed by atoms with Crippen molar-refractivity contribution in [2.24, 2.45) is 5.92 Å². The summed E-state index contributed by atoms with van der Waals surface area (Å²) < 4.78 is 5.25. The highest BCUT2D eigenvalue weighted by Gasteiger charge is 2.35. The number of hydrogen-bond acceptors (Lipinski definition) is 4. The predicted octanol–water partition coefficient (Wildman–Crippen LogP) is 1.11. The summed E-state index contributed by atoms with van der Waals surface area (Å²) in [7, 11) is 1.66. The van der Waals surface area contributed by atoms with Gasteiger partial charge in [-0.05, 0) is 30.5 Å². The summed E-state index contributed by atoms with van der Waals surface area (Å²) in [5, 5.41) is 10.2. The molecule has 2 fully saturated rings. The van der Waals surface area contributed by atoms with Crippen molar-refractivity contribution in [3.63, 3.8) is 0 Å². The Hall–Kier alpha value is -1.59. The molecule has 1 unspecified atom stereocenters. The fourth-order valence-corrected chi connectivity index (χ4v) is 3.02. The number of carbonyl (C=O) groups is 1. The Morgan fingerprint density at radius 2 is 2.14 bits per heavy atom. The van der Waals surface area contributed by atoms with Gasteiger partial charge in [-0.15, -0.1) is 0 Å². The maximum Gasteiger partial charge on any atom is 0.225 e. The van der Waals surface area contributed by atoms with Crippen LogP contribution in [0.5, 0.6) is 5.75 Å². The number of rotatable bonds is 4. The summed E-state index contributed by atoms with van der Waals surface area (Å²) in [5.41, 5.74) is 1.16. The lowest BCUT2D eigenvalue weighted by Gasteiger charge is -2.22. The lowest BCUT2D eigenvalue weighted by molar-refractivity contribution is -0.133. The van der Waals surface area contributed by atoms with E-state index in [1.807, 2.05) is 23.1 Å². The number of nitrogens with zero attached hydrogens (tertiary/aromatic N) is 2. The summed E-state index contributed by atoms with van der Waals surface area (Å²) in [6.45, 7) is 3.33. The maximum absolute atomic E-state index is 12.2. The van der Waals surface area contributed by atoms with E-state index >= 15 is 0 Å². The SMILES string of the molecule is COc1cccc(CN2CCN(C(=O)C3CC3)CC(O)C2)c1. The van der Waals surface area contributed by atoms with Crippen molar-refractivity contribution in [2.75, 3.05) is 33.3 Å². The highest BCUT2D eigenvalue weighted by atomic mass is 16.5. The number of aliphatic hydroxyl groups is 1. The molecule has 1 aliphatic carbocycles. The lowest BCUT2D eigenvalue weighted by atomic mass is 10.2. The van der Waals surface area contributed by atoms with Crippen LogP contribution in [-0.2, 0) is 11.3 Å². The van der Waals surface area contributed by atoms with E-state index in [0.717, 1.165) is 37.2 Å². The largest absolute Gasteiger partial charge is 0.497 e. The van der Waals surface area contributed by atoms with Crippen molar-refractivity contribution >= 4 is 5.91 Å². The number of amides is 1. The molecule has 1 saturated heterocycles. The van der Waals surface area contributed by atoms with E-state index < -0.39 is 6.10 Å². The normalized spacial score (nSPS) is 23.2. The van der Waals surface area contributed by atoms with Gasteiger partial charge in [-0.2, -0.15) is 0 Å². The summed E-state index contributed by atoms with van der Waals surface area (Å²) in [4.78, 5) is 16.2. The third-order valence-electron chi connectivity index (χ3n) is 4.36. The summed E-state index contributed by atoms with van der Waals surface area (Å²) in [5.74, 6) is 1.29. The molecule has 0 spiro atoms. The van der Waals surface area contributed by atoms with Crippen LogP contribution in [0.4, 0.5) is 0 Å². The Kier molecular flexibility index (Phi) is 4.64. The van der Waals surface area contributed by atoms with Gasteiger partial charge in [0.2, 0.25) is 5.91 Å². The molecule has 5 nitrogen and oxygen atoms in total. The van der Waals surface area contributed by atoms with Crippen LogP contribution < -0.4 is 4.74 Å². The van der Waals surface area contributed by atoms with E-state index in [1.54, 1.807) is 7.11 Å². The van der Waals surface area contributed by atoms with Crippen LogP contribution in [-0.4, -0.2) is 60.2 Å². The van der Waals surface area contributed by atoms with Gasteiger partial charge in [0.25, 0.3) is 0 Å². The molecule has 1 heterocycles. The highest BCUT2D eigenvalue weighted by Crippen LogP contribution is 2.31. The molecule has 1 atom stereocenters. The van der Waals surface area contributed by atoms with Gasteiger partial charge in [-0.3, -0.25) is 9.69 Å². The minimum absolute atomic E-state index is 0.220. The standard InChI is InChI=1S/C17H24N2O3/c1-22-16-4-2-3-13(9-16)10-18-7-8-19(12-15(20)11-18)17(21)14-5-6-14/h2-4,9,14-15,20H,5-8,10-12H2,1H3. The molecule has 5 heteroatoms. The molecule has 3 rings (SSSR count). The van der Waals surface area contributed by atoms with Crippen LogP contribution in [0.15, 0.2) is 24.3 Å². The number of benzene rings is 1. The smallest absolute Gasteiger partial charge is 0.225 e. The average Bonchev–Trinajstić information content (AvgIpc) is 3.35. The van der Waals surface area contributed by atoms with E-state index in [0.29, 0.717) is 19.6 Å². The van der Waals surface area contributed by atoms with E-state index in [9.17, 15) is 9.90 Å². The number of carbonyl (C=O) groups excluding carboxylic acids is 1. The van der Waals surface area contributed by atoms with E-state index in [1.165, 1.54) is 0 Å². The first-order valence-corrected chi connectivity index (χ1v) is 7.98. The van der Waals surface area contributed by atoms with Crippen LogP contribution in [0.1, 0.15) is 18.4 Å². The number of β-amino-alcohol motifs (C(OH)–C–C–N with tert-alkyl or cyclic N) is 1. The highest BCUT2D eigenvalue weighted by molar-refractivity contribution is 5.81. The molecular formula is C17H24N2O3. The summed E-state index contributed by atoms with van der Waals surface area (Å²) in [6, 6.07) is 7.99. The Bertz CT molecular complexity index is 530. The first-order chi connectivity index (χ1) is 10.7. The van der Waals surface area contributed by atoms with Crippen molar-refractivity contribution < 1.29 is 14.6 Å². The van der Waals surface area contributed by atoms with Crippen LogP contribution in [0.2, 0.25) is 0 Å². The topological polar surface area (TPSA) is 53.0 Å². The molecule has 0 bridgehead atoms. The first-order valence-electron chi connectivity index (χ1n) is 7.98. The van der Waals surface area contributed by atoms with Gasteiger partial charge in [-0.1, -0.05) is 12.1 Å². The molecule has 1 aromatic carbocycles. The zero-order valence-corrected chi connectivity index (χ0v) is 13.1. The monoisotopic (exact) mass is 304 g/mol. The summed E-state index contributed by atoms with van der Waals surface area (Å²) in [6.07, 6.45) is 1.55. The van der Waals surface area contributed by atoms with Gasteiger partial charge < -0.3 is 14.7 Å². The molecule has 0 radical (unpaired) electrons. The summed E-state index contributed by atoms with van der Waals surface area (Å²) >= 11 is 0. The molecule has 1 aromatic rings. The van der Waals surface area contributed by atoms with Crippen molar-refractivity contribution in [1.82, 2.24) is 9.80 Å². The van der Waals surface area contributed by atoms with Gasteiger partial charge in [0.1, 0.15) is 5.75 Å². The third kappa shape index (κ3) is 3.78. The van der Waals surface area contributed by atoms with Crippen molar-refractivity contribution in [1.29, 1.82) is 0 Å². The van der Waals surface area contributed by atoms with Crippen molar-refractivity contribution in [3.8, 4) is 5.75 Å². The first kappa shape index (κ1) is 15.3. The number of ether oxygens (including phenoxy) is 1. The average molecular weight is 304 g/mol. The quantitative estimate of drug-likeness (QED) is 0.905. The second-order valence-corrected chi connectivity index (χ2v) is 6.30. The van der Waals surface area contributed by atoms with Crippen LogP contribution in [0, 0.1) is 5.92 Å². The van der Waals surface area contributed by atoms with Gasteiger partial charge in [0.15, 0.2) is 0 Å². The van der Waals surface area contributed by atoms with Gasteiger partial charge in [0.05, 0.1) is 13.2 Å². The maximum atomic E-state index is 12.2. The fourth-order valence-electron chi connectivity index (χ4n) is 3.02. The fraction of sp³-hybridized carbons (Fsp3) is 0.588. The molecule has 120 valence electrons. The third-order valence-corrected chi connectivity index (χ3v) is 4.36. The second kappa shape index (κ2) is 6.67. The van der Waals surface area contributed by atoms with Gasteiger partial charge in [0, 0.05) is 38.6 Å². The minimum Gasteiger partial charge on any atom is -0.497 e. The number of hydrogen-bond donors (Lipinski definition) is 1. The molecule has 1 aliphatic heterocycles. The molecule has 1 amide bonds. The van der Waals surface area contributed by atoms with Gasteiger partial charge >= 0.3 is 0 Å². The minimum atomic E-state index is -0.476. The van der Waals surface area contributed by atoms with Gasteiger partial charge in [-0.25, -0.2) is 0 Å². The van der Waals surface area contributed by atoms with Crippen molar-refractivity contribution in [3.05, 3.63) is 29.8 Å². The Labute approximate surface area is 131 Å². The Balaban J connectivity index is 1.61. The zero-order chi connectivity index (χ0) is 15.5. The lowest BCUT2D eigenvalue weighted by Crippen LogP contribution is -2.38. The molecule has 22 heavy (non-hydrogen) atoms. The van der Waals surface area contributed by atoms with Crippen LogP contribution >= 0.6 is 0 Å². The van der Waals surface area contributed by atoms with E-state index in [4.69, 9.17) is 4.74 Å². The second-order valence-electron chi connectivity index (χ2n) is 6.30. The molecule has 2 aliphatic rings. The molecule has 1 N–H and O–H groups in total. The van der Waals surface area contributed by atoms with Crippen LogP contribution in [0.25, 0.3) is 0 Å². The van der Waals surface area contributed by atoms with Crippen LogP contribution in [0.3, 0.4) is 0 Å². The molecule has 0 aromatic heterocycles. The Morgan fingerprint density at radius 1 is 1.32 bits per heavy atom.